The Hall–Kier alpha value is -4.02. The molecule has 0 bridgehead atoms. The minimum absolute atomic E-state index is 0.631. The molecular formula is C25H23N7O2S. The van der Waals surface area contributed by atoms with Crippen molar-refractivity contribution in [3.8, 4) is 16.5 Å². The molecule has 5 aromatic rings. The molecule has 10 heteroatoms. The molecule has 1 aliphatic rings. The fraction of sp³-hybridized carbons (Fsp3) is 0.200. The van der Waals surface area contributed by atoms with Crippen LogP contribution < -0.4 is 15.1 Å². The van der Waals surface area contributed by atoms with Gasteiger partial charge in [-0.15, -0.1) is 0 Å². The van der Waals surface area contributed by atoms with E-state index >= 15 is 0 Å². The number of anilines is 2. The van der Waals surface area contributed by atoms with Gasteiger partial charge in [0.25, 0.3) is 5.19 Å². The van der Waals surface area contributed by atoms with E-state index in [2.05, 4.69) is 20.4 Å². The van der Waals surface area contributed by atoms with Gasteiger partial charge in [-0.05, 0) is 6.07 Å². The molecule has 176 valence electrons. The van der Waals surface area contributed by atoms with E-state index in [4.69, 9.17) is 19.6 Å². The molecule has 0 spiro atoms. The second-order valence-electron chi connectivity index (χ2n) is 8.01. The normalized spacial score (nSPS) is 14.3. The molecule has 2 aromatic carbocycles. The van der Waals surface area contributed by atoms with Gasteiger partial charge in [-0.1, -0.05) is 53.8 Å². The number of thiazole rings is 1. The summed E-state index contributed by atoms with van der Waals surface area (Å²) in [4.78, 5) is 11.6. The average Bonchev–Trinajstić information content (AvgIpc) is 3.54. The molecule has 1 fully saturated rings. The summed E-state index contributed by atoms with van der Waals surface area (Å²) < 4.78 is 13.8. The maximum absolute atomic E-state index is 5.56. The molecule has 1 saturated heterocycles. The zero-order valence-corrected chi connectivity index (χ0v) is 19.9. The summed E-state index contributed by atoms with van der Waals surface area (Å²) in [5.41, 5.74) is 7.53. The molecule has 0 saturated carbocycles. The highest BCUT2D eigenvalue weighted by Gasteiger charge is 2.18. The lowest BCUT2D eigenvalue weighted by Crippen LogP contribution is -2.37. The van der Waals surface area contributed by atoms with Crippen LogP contribution in [0.25, 0.3) is 27.1 Å². The van der Waals surface area contributed by atoms with Crippen LogP contribution in [0.2, 0.25) is 0 Å². The van der Waals surface area contributed by atoms with Gasteiger partial charge in [0.05, 0.1) is 42.4 Å². The average molecular weight is 486 g/mol. The molecule has 1 aliphatic heterocycles. The molecule has 35 heavy (non-hydrogen) atoms. The largest absolute Gasteiger partial charge is 0.473 e. The Morgan fingerprint density at radius 1 is 1.06 bits per heavy atom. The number of hydrogen-bond donors (Lipinski definition) is 1. The lowest BCUT2D eigenvalue weighted by Gasteiger charge is -2.29. The maximum Gasteiger partial charge on any atom is 0.274 e. The zero-order valence-electron chi connectivity index (χ0n) is 19.1. The number of nitrogens with one attached hydrogen (secondary N) is 1. The van der Waals surface area contributed by atoms with Crippen LogP contribution in [0.15, 0.2) is 65.8 Å². The van der Waals surface area contributed by atoms with Crippen molar-refractivity contribution in [2.75, 3.05) is 43.7 Å². The van der Waals surface area contributed by atoms with Crippen LogP contribution in [-0.2, 0) is 4.74 Å². The quantitative estimate of drug-likeness (QED) is 0.283. The van der Waals surface area contributed by atoms with Crippen LogP contribution in [0.1, 0.15) is 5.56 Å². The Morgan fingerprint density at radius 3 is 2.74 bits per heavy atom. The van der Waals surface area contributed by atoms with Crippen molar-refractivity contribution in [3.05, 3.63) is 66.2 Å². The number of rotatable bonds is 6. The molecule has 0 aliphatic carbocycles. The minimum atomic E-state index is 0.631. The maximum atomic E-state index is 5.56. The van der Waals surface area contributed by atoms with Crippen LogP contribution in [0, 0.1) is 0 Å². The lowest BCUT2D eigenvalue weighted by molar-refractivity contribution is 0.122. The van der Waals surface area contributed by atoms with Crippen LogP contribution in [0.4, 0.5) is 11.6 Å². The Bertz CT molecular complexity index is 1510. The third kappa shape index (κ3) is 4.29. The van der Waals surface area contributed by atoms with E-state index in [0.717, 1.165) is 51.6 Å². The number of para-hydroxylation sites is 1. The first-order chi connectivity index (χ1) is 17.3. The summed E-state index contributed by atoms with van der Waals surface area (Å²) in [6, 6.07) is 20.1. The van der Waals surface area contributed by atoms with Gasteiger partial charge in [0.1, 0.15) is 5.82 Å². The predicted molar refractivity (Wildman–Crippen MR) is 139 cm³/mol. The highest BCUT2D eigenvalue weighted by atomic mass is 32.1. The fourth-order valence-corrected chi connectivity index (χ4v) is 4.91. The van der Waals surface area contributed by atoms with E-state index in [-0.39, 0.29) is 0 Å². The Labute approximate surface area is 205 Å². The Morgan fingerprint density at radius 2 is 1.91 bits per heavy atom. The summed E-state index contributed by atoms with van der Waals surface area (Å²) >= 11 is 1.51. The van der Waals surface area contributed by atoms with Crippen molar-refractivity contribution in [2.45, 2.75) is 0 Å². The first kappa shape index (κ1) is 21.5. The second kappa shape index (κ2) is 9.32. The number of nitrogens with zero attached hydrogens (tertiary/aromatic N) is 6. The smallest absolute Gasteiger partial charge is 0.274 e. The summed E-state index contributed by atoms with van der Waals surface area (Å²) in [7, 11) is 1.63. The van der Waals surface area contributed by atoms with Crippen molar-refractivity contribution in [3.63, 3.8) is 0 Å². The van der Waals surface area contributed by atoms with Gasteiger partial charge in [0.15, 0.2) is 11.5 Å². The third-order valence-corrected chi connectivity index (χ3v) is 6.78. The Balaban J connectivity index is 1.35. The number of benzene rings is 2. The number of hydrogen-bond acceptors (Lipinski definition) is 9. The monoisotopic (exact) mass is 485 g/mol. The topological polar surface area (TPSA) is 89.2 Å². The molecule has 0 atom stereocenters. The predicted octanol–water partition coefficient (Wildman–Crippen LogP) is 4.30. The lowest BCUT2D eigenvalue weighted by atomic mass is 10.2. The van der Waals surface area contributed by atoms with Gasteiger partial charge in [0, 0.05) is 36.3 Å². The molecule has 1 N–H and O–H groups in total. The number of methoxy groups -OCH3 is 1. The first-order valence-electron chi connectivity index (χ1n) is 11.3. The summed E-state index contributed by atoms with van der Waals surface area (Å²) in [5.74, 6) is 1.59. The van der Waals surface area contributed by atoms with Gasteiger partial charge in [-0.25, -0.2) is 9.97 Å². The van der Waals surface area contributed by atoms with Crippen LogP contribution in [-0.4, -0.2) is 59.2 Å². The third-order valence-electron chi connectivity index (χ3n) is 5.80. The number of morpholine rings is 1. The molecule has 0 unspecified atom stereocenters. The highest BCUT2D eigenvalue weighted by Crippen LogP contribution is 2.29. The van der Waals surface area contributed by atoms with Crippen molar-refractivity contribution in [2.24, 2.45) is 5.10 Å². The first-order valence-corrected chi connectivity index (χ1v) is 12.1. The summed E-state index contributed by atoms with van der Waals surface area (Å²) in [6.45, 7) is 2.93. The van der Waals surface area contributed by atoms with E-state index in [1.165, 1.54) is 11.3 Å². The standard InChI is InChI=1S/C25H23N7O2S/c1-33-25-28-24-18(8-5-9-20(24)35-25)16-26-29-21-15-23(31-10-12-34-13-11-31)32-22(27-21)14-19(30-32)17-6-3-2-4-7-17/h2-9,14-16H,10-13H2,1H3,(H,27,29)/b26-16-. The molecule has 0 amide bonds. The zero-order chi connectivity index (χ0) is 23.6. The molecule has 0 radical (unpaired) electrons. The Kier molecular flexibility index (Phi) is 5.73. The fourth-order valence-electron chi connectivity index (χ4n) is 4.09. The molecule has 6 rings (SSSR count). The summed E-state index contributed by atoms with van der Waals surface area (Å²) in [5, 5.41) is 9.96. The van der Waals surface area contributed by atoms with E-state index in [9.17, 15) is 0 Å². The van der Waals surface area contributed by atoms with Crippen molar-refractivity contribution < 1.29 is 9.47 Å². The van der Waals surface area contributed by atoms with Crippen molar-refractivity contribution in [1.29, 1.82) is 0 Å². The van der Waals surface area contributed by atoms with E-state index in [1.807, 2.05) is 65.2 Å². The highest BCUT2D eigenvalue weighted by molar-refractivity contribution is 7.20. The molecular weight excluding hydrogens is 462 g/mol. The van der Waals surface area contributed by atoms with Gasteiger partial charge in [-0.3, -0.25) is 5.43 Å². The van der Waals surface area contributed by atoms with Crippen LogP contribution >= 0.6 is 11.3 Å². The van der Waals surface area contributed by atoms with Gasteiger partial charge in [0.2, 0.25) is 0 Å². The number of ether oxygens (including phenoxy) is 2. The molecule has 4 heterocycles. The van der Waals surface area contributed by atoms with Gasteiger partial charge in [-0.2, -0.15) is 14.7 Å². The van der Waals surface area contributed by atoms with Crippen molar-refractivity contribution >= 4 is 45.1 Å². The van der Waals surface area contributed by atoms with E-state index in [0.29, 0.717) is 24.2 Å². The van der Waals surface area contributed by atoms with Crippen LogP contribution in [0.5, 0.6) is 5.19 Å². The van der Waals surface area contributed by atoms with Gasteiger partial charge < -0.3 is 14.4 Å². The number of fused-ring (bicyclic) bond motifs is 2. The van der Waals surface area contributed by atoms with E-state index in [1.54, 1.807) is 13.3 Å². The second-order valence-corrected chi connectivity index (χ2v) is 9.01. The van der Waals surface area contributed by atoms with Gasteiger partial charge >= 0.3 is 0 Å². The number of aromatic nitrogens is 4. The van der Waals surface area contributed by atoms with Crippen molar-refractivity contribution in [1.82, 2.24) is 19.6 Å². The molecule has 3 aromatic heterocycles. The summed E-state index contributed by atoms with van der Waals surface area (Å²) in [6.07, 6.45) is 1.76. The SMILES string of the molecule is COc1nc2c(/C=N\Nc3cc(N4CCOCC4)n4nc(-c5ccccc5)cc4n3)cccc2s1. The van der Waals surface area contributed by atoms with Crippen LogP contribution in [0.3, 0.4) is 0 Å². The minimum Gasteiger partial charge on any atom is -0.473 e. The number of hydrazone groups is 1. The van der Waals surface area contributed by atoms with E-state index < -0.39 is 0 Å². The molecule has 9 nitrogen and oxygen atoms in total.